The molecule has 0 aromatic carbocycles. The van der Waals surface area contributed by atoms with E-state index in [1.165, 1.54) is 0 Å². The first-order valence-electron chi connectivity index (χ1n) is 10.8. The first-order chi connectivity index (χ1) is 13.8. The summed E-state index contributed by atoms with van der Waals surface area (Å²) in [6.45, 7) is 5.26. The van der Waals surface area contributed by atoms with Crippen LogP contribution in [-0.2, 0) is 0 Å². The maximum Gasteiger partial charge on any atom is 0.273 e. The Morgan fingerprint density at radius 3 is 2.62 bits per heavy atom. The van der Waals surface area contributed by atoms with Gasteiger partial charge in [-0.3, -0.25) is 13.9 Å². The number of carbonyl (C=O) groups is 1. The molecule has 1 aromatic heterocycles. The van der Waals surface area contributed by atoms with Crippen LogP contribution in [0.1, 0.15) is 61.2 Å². The van der Waals surface area contributed by atoms with Gasteiger partial charge in [0.2, 0.25) is 0 Å². The molecule has 2 aliphatic heterocycles. The van der Waals surface area contributed by atoms with Gasteiger partial charge in [0.05, 0.1) is 5.75 Å². The third-order valence-electron chi connectivity index (χ3n) is 6.64. The van der Waals surface area contributed by atoms with Gasteiger partial charge in [-0.25, -0.2) is 4.31 Å². The predicted octanol–water partition coefficient (Wildman–Crippen LogP) is 3.00. The molecule has 8 nitrogen and oxygen atoms in total. The molecule has 1 aromatic rings. The van der Waals surface area contributed by atoms with Gasteiger partial charge >= 0.3 is 0 Å². The highest BCUT2D eigenvalue weighted by molar-refractivity contribution is 8.22. The number of hydrogen-bond donors (Lipinski definition) is 3. The van der Waals surface area contributed by atoms with Crippen molar-refractivity contribution in [2.24, 2.45) is 11.8 Å². The van der Waals surface area contributed by atoms with E-state index in [2.05, 4.69) is 29.3 Å². The summed E-state index contributed by atoms with van der Waals surface area (Å²) in [7, 11) is -0.650. The predicted molar refractivity (Wildman–Crippen MR) is 113 cm³/mol. The van der Waals surface area contributed by atoms with Crippen LogP contribution in [-0.4, -0.2) is 74.4 Å². The monoisotopic (exact) mass is 426 g/mol. The molecular weight excluding hydrogens is 392 g/mol. The van der Waals surface area contributed by atoms with Crippen molar-refractivity contribution in [2.75, 3.05) is 39.0 Å². The fraction of sp³-hybridized carbons (Fsp3) is 0.800. The molecule has 4 rings (SSSR count). The van der Waals surface area contributed by atoms with E-state index in [4.69, 9.17) is 4.52 Å². The number of carbonyl (C=O) groups excluding carboxylic acids is 1. The molecular formula is C20H34N4O4S. The number of amides is 1. The van der Waals surface area contributed by atoms with Crippen LogP contribution in [0.4, 0.5) is 0 Å². The Morgan fingerprint density at radius 2 is 1.97 bits per heavy atom. The Bertz CT molecular complexity index is 715. The van der Waals surface area contributed by atoms with Gasteiger partial charge in [0.15, 0.2) is 5.69 Å². The van der Waals surface area contributed by atoms with E-state index in [9.17, 15) is 13.9 Å². The average molecular weight is 427 g/mol. The Balaban J connectivity index is 1.28. The third kappa shape index (κ3) is 5.14. The topological polar surface area (TPSA) is 102 Å². The highest BCUT2D eigenvalue weighted by Crippen LogP contribution is 2.48. The Labute approximate surface area is 174 Å². The van der Waals surface area contributed by atoms with E-state index in [1.54, 1.807) is 6.07 Å². The van der Waals surface area contributed by atoms with Crippen LogP contribution in [0.15, 0.2) is 10.6 Å². The number of hydrogen-bond acceptors (Lipinski definition) is 7. The number of rotatable bonds is 6. The average Bonchev–Trinajstić information content (AvgIpc) is 3.41. The van der Waals surface area contributed by atoms with Crippen LogP contribution in [0, 0.1) is 11.8 Å². The molecule has 3 N–H and O–H groups in total. The molecule has 29 heavy (non-hydrogen) atoms. The van der Waals surface area contributed by atoms with E-state index < -0.39 is 10.8 Å². The minimum Gasteiger partial charge on any atom is -0.360 e. The second-order valence-corrected chi connectivity index (χ2v) is 11.3. The maximum absolute atomic E-state index is 12.5. The lowest BCUT2D eigenvalue weighted by molar-refractivity contribution is 0.0889. The molecule has 2 saturated heterocycles. The van der Waals surface area contributed by atoms with Gasteiger partial charge in [-0.2, -0.15) is 0 Å². The van der Waals surface area contributed by atoms with Gasteiger partial charge in [-0.05, 0) is 64.1 Å². The fourth-order valence-electron chi connectivity index (χ4n) is 4.44. The van der Waals surface area contributed by atoms with Crippen molar-refractivity contribution >= 4 is 16.7 Å². The van der Waals surface area contributed by atoms with Gasteiger partial charge in [-0.1, -0.05) is 12.1 Å². The van der Waals surface area contributed by atoms with Gasteiger partial charge in [0.25, 0.3) is 5.91 Å². The zero-order valence-electron chi connectivity index (χ0n) is 17.4. The molecule has 1 amide bonds. The fourth-order valence-corrected chi connectivity index (χ4v) is 6.48. The molecule has 0 bridgehead atoms. The summed E-state index contributed by atoms with van der Waals surface area (Å²) < 4.78 is 28.8. The van der Waals surface area contributed by atoms with E-state index in [0.29, 0.717) is 42.8 Å². The number of piperidine rings is 2. The second kappa shape index (κ2) is 8.55. The Kier molecular flexibility index (Phi) is 6.22. The highest BCUT2D eigenvalue weighted by Gasteiger charge is 2.36. The van der Waals surface area contributed by atoms with Crippen molar-refractivity contribution in [3.63, 3.8) is 0 Å². The number of likely N-dealkylation sites (tertiary alicyclic amines) is 1. The lowest BCUT2D eigenvalue weighted by atomic mass is 9.95. The smallest absolute Gasteiger partial charge is 0.273 e. The number of aromatic nitrogens is 1. The molecule has 3 aliphatic rings. The van der Waals surface area contributed by atoms with Crippen LogP contribution in [0.2, 0.25) is 0 Å². The standard InChI is InChI=1S/C20H34N4O4S/c1-14-12-24(29(26,27)13-15-5-8-23(2)9-6-15)10-7-17(14)21-20(25)18-11-19(28-22-18)16-3-4-16/h11,14-17,26-27H,3-10,12-13H2,1-2H3,(H,21,25)/t14-,17+/m0/s1. The zero-order valence-corrected chi connectivity index (χ0v) is 18.2. The minimum absolute atomic E-state index is 0.00152. The summed E-state index contributed by atoms with van der Waals surface area (Å²) in [4.78, 5) is 14.8. The molecule has 3 fully saturated rings. The first kappa shape index (κ1) is 21.1. The molecule has 2 atom stereocenters. The van der Waals surface area contributed by atoms with Crippen LogP contribution in [0.5, 0.6) is 0 Å². The van der Waals surface area contributed by atoms with Crippen molar-refractivity contribution in [1.82, 2.24) is 19.7 Å². The summed E-state index contributed by atoms with van der Waals surface area (Å²) in [5.41, 5.74) is 0.341. The normalized spacial score (nSPS) is 28.4. The molecule has 0 radical (unpaired) electrons. The molecule has 3 heterocycles. The van der Waals surface area contributed by atoms with E-state index >= 15 is 0 Å². The second-order valence-electron chi connectivity index (χ2n) is 9.17. The largest absolute Gasteiger partial charge is 0.360 e. The summed E-state index contributed by atoms with van der Waals surface area (Å²) in [6, 6.07) is 1.75. The van der Waals surface area contributed by atoms with Crippen LogP contribution >= 0.6 is 10.8 Å². The van der Waals surface area contributed by atoms with Gasteiger partial charge in [-0.15, -0.1) is 10.8 Å². The van der Waals surface area contributed by atoms with E-state index in [-0.39, 0.29) is 17.9 Å². The maximum atomic E-state index is 12.5. The zero-order chi connectivity index (χ0) is 20.6. The van der Waals surface area contributed by atoms with Crippen LogP contribution in [0.25, 0.3) is 0 Å². The van der Waals surface area contributed by atoms with Gasteiger partial charge < -0.3 is 14.7 Å². The van der Waals surface area contributed by atoms with E-state index in [1.807, 2.05) is 4.31 Å². The molecule has 164 valence electrons. The molecule has 1 aliphatic carbocycles. The van der Waals surface area contributed by atoms with Crippen molar-refractivity contribution < 1.29 is 18.4 Å². The van der Waals surface area contributed by atoms with Crippen molar-refractivity contribution in [3.05, 3.63) is 17.5 Å². The molecule has 9 heteroatoms. The minimum atomic E-state index is -2.76. The highest BCUT2D eigenvalue weighted by atomic mass is 32.3. The number of nitrogens with zero attached hydrogens (tertiary/aromatic N) is 3. The first-order valence-corrected chi connectivity index (χ1v) is 12.5. The Hall–Kier alpha value is -1.13. The van der Waals surface area contributed by atoms with Crippen LogP contribution < -0.4 is 5.32 Å². The number of nitrogens with one attached hydrogen (secondary N) is 1. The lowest BCUT2D eigenvalue weighted by Gasteiger charge is -2.50. The molecule has 0 spiro atoms. The van der Waals surface area contributed by atoms with Crippen molar-refractivity contribution in [3.8, 4) is 0 Å². The quantitative estimate of drug-likeness (QED) is 0.643. The van der Waals surface area contributed by atoms with E-state index in [0.717, 1.165) is 44.5 Å². The molecule has 0 unspecified atom stereocenters. The third-order valence-corrected chi connectivity index (χ3v) is 8.71. The van der Waals surface area contributed by atoms with Crippen molar-refractivity contribution in [1.29, 1.82) is 0 Å². The Morgan fingerprint density at radius 1 is 1.24 bits per heavy atom. The summed E-state index contributed by atoms with van der Waals surface area (Å²) in [5.74, 6) is 2.00. The van der Waals surface area contributed by atoms with Gasteiger partial charge in [0, 0.05) is 31.1 Å². The van der Waals surface area contributed by atoms with Crippen molar-refractivity contribution in [2.45, 2.75) is 51.0 Å². The molecule has 1 saturated carbocycles. The summed E-state index contributed by atoms with van der Waals surface area (Å²) in [5, 5.41) is 6.98. The SMILES string of the molecule is C[C@H]1CN(S(O)(O)CC2CCN(C)CC2)CC[C@H]1NC(=O)c1cc(C2CC2)on1. The lowest BCUT2D eigenvalue weighted by Crippen LogP contribution is -2.51. The summed E-state index contributed by atoms with van der Waals surface area (Å²) in [6.07, 6.45) is 4.96. The van der Waals surface area contributed by atoms with Gasteiger partial charge in [0.1, 0.15) is 5.76 Å². The van der Waals surface area contributed by atoms with Crippen LogP contribution in [0.3, 0.4) is 0 Å². The summed E-state index contributed by atoms with van der Waals surface area (Å²) >= 11 is 0.